The molecule has 1 heterocycles. The third kappa shape index (κ3) is 1.58. The maximum atomic E-state index is 9.49. The number of aliphatic hydroxyl groups is 1. The zero-order valence-electron chi connectivity index (χ0n) is 9.63. The smallest absolute Gasteiger partial charge is 0.0653 e. The van der Waals surface area contributed by atoms with Gasteiger partial charge in [0.1, 0.15) is 0 Å². The third-order valence-electron chi connectivity index (χ3n) is 3.47. The van der Waals surface area contributed by atoms with Crippen molar-refractivity contribution in [3.8, 4) is 0 Å². The molecule has 1 aliphatic heterocycles. The SMILES string of the molecule is Cc1cc(C)c(C2(CO)COC2)cc1C. The topological polar surface area (TPSA) is 29.5 Å². The van der Waals surface area contributed by atoms with Crippen molar-refractivity contribution in [2.75, 3.05) is 19.8 Å². The zero-order chi connectivity index (χ0) is 11.1. The fourth-order valence-corrected chi connectivity index (χ4v) is 2.21. The number of aryl methyl sites for hydroxylation is 3. The summed E-state index contributed by atoms with van der Waals surface area (Å²) in [6.07, 6.45) is 0. The fraction of sp³-hybridized carbons (Fsp3) is 0.538. The Bertz CT molecular complexity index is 373. The van der Waals surface area contributed by atoms with Crippen molar-refractivity contribution < 1.29 is 9.84 Å². The van der Waals surface area contributed by atoms with Gasteiger partial charge in [0.25, 0.3) is 0 Å². The molecule has 0 amide bonds. The van der Waals surface area contributed by atoms with Crippen molar-refractivity contribution >= 4 is 0 Å². The summed E-state index contributed by atoms with van der Waals surface area (Å²) in [5.74, 6) is 0. The van der Waals surface area contributed by atoms with Crippen molar-refractivity contribution in [1.29, 1.82) is 0 Å². The number of hydrogen-bond donors (Lipinski definition) is 1. The monoisotopic (exact) mass is 206 g/mol. The van der Waals surface area contributed by atoms with Crippen LogP contribution in [0.2, 0.25) is 0 Å². The summed E-state index contributed by atoms with van der Waals surface area (Å²) in [7, 11) is 0. The maximum Gasteiger partial charge on any atom is 0.0653 e. The van der Waals surface area contributed by atoms with Crippen LogP contribution >= 0.6 is 0 Å². The predicted molar refractivity (Wildman–Crippen MR) is 60.2 cm³/mol. The molecule has 2 heteroatoms. The van der Waals surface area contributed by atoms with E-state index in [0.29, 0.717) is 13.2 Å². The van der Waals surface area contributed by atoms with Gasteiger partial charge >= 0.3 is 0 Å². The fourth-order valence-electron chi connectivity index (χ4n) is 2.21. The predicted octanol–water partition coefficient (Wildman–Crippen LogP) is 1.87. The molecule has 1 fully saturated rings. The first-order chi connectivity index (χ1) is 7.09. The molecule has 0 bridgehead atoms. The quantitative estimate of drug-likeness (QED) is 0.800. The summed E-state index contributed by atoms with van der Waals surface area (Å²) in [5, 5.41) is 9.49. The summed E-state index contributed by atoms with van der Waals surface area (Å²) >= 11 is 0. The Morgan fingerprint density at radius 1 is 1.13 bits per heavy atom. The summed E-state index contributed by atoms with van der Waals surface area (Å²) in [4.78, 5) is 0. The molecule has 1 aromatic carbocycles. The minimum Gasteiger partial charge on any atom is -0.395 e. The van der Waals surface area contributed by atoms with Crippen LogP contribution in [0.1, 0.15) is 22.3 Å². The van der Waals surface area contributed by atoms with Gasteiger partial charge in [-0.25, -0.2) is 0 Å². The second kappa shape index (κ2) is 3.62. The van der Waals surface area contributed by atoms with Gasteiger partial charge in [0.05, 0.1) is 25.2 Å². The van der Waals surface area contributed by atoms with Crippen molar-refractivity contribution in [3.63, 3.8) is 0 Å². The summed E-state index contributed by atoms with van der Waals surface area (Å²) in [5.41, 5.74) is 4.97. The Balaban J connectivity index is 2.47. The molecule has 1 N–H and O–H groups in total. The highest BCUT2D eigenvalue weighted by atomic mass is 16.5. The van der Waals surface area contributed by atoms with Crippen LogP contribution in [0.15, 0.2) is 12.1 Å². The molecule has 0 aromatic heterocycles. The van der Waals surface area contributed by atoms with E-state index in [1.165, 1.54) is 22.3 Å². The van der Waals surface area contributed by atoms with Crippen LogP contribution in [0.25, 0.3) is 0 Å². The summed E-state index contributed by atoms with van der Waals surface area (Å²) in [6, 6.07) is 4.39. The van der Waals surface area contributed by atoms with Gasteiger partial charge in [0.15, 0.2) is 0 Å². The van der Waals surface area contributed by atoms with Gasteiger partial charge in [-0.2, -0.15) is 0 Å². The zero-order valence-corrected chi connectivity index (χ0v) is 9.63. The Morgan fingerprint density at radius 3 is 2.20 bits per heavy atom. The van der Waals surface area contributed by atoms with E-state index in [-0.39, 0.29) is 12.0 Å². The minimum atomic E-state index is -0.136. The highest BCUT2D eigenvalue weighted by Gasteiger charge is 2.40. The largest absolute Gasteiger partial charge is 0.395 e. The number of benzene rings is 1. The summed E-state index contributed by atoms with van der Waals surface area (Å²) < 4.78 is 5.25. The molecule has 2 nitrogen and oxygen atoms in total. The van der Waals surface area contributed by atoms with Crippen LogP contribution in [0, 0.1) is 20.8 Å². The lowest BCUT2D eigenvalue weighted by molar-refractivity contribution is -0.0844. The molecule has 0 unspecified atom stereocenters. The lowest BCUT2D eigenvalue weighted by atomic mass is 9.76. The summed E-state index contributed by atoms with van der Waals surface area (Å²) in [6.45, 7) is 7.81. The number of rotatable bonds is 2. The van der Waals surface area contributed by atoms with Crippen molar-refractivity contribution in [1.82, 2.24) is 0 Å². The van der Waals surface area contributed by atoms with Gasteiger partial charge in [-0.1, -0.05) is 12.1 Å². The Hall–Kier alpha value is -0.860. The third-order valence-corrected chi connectivity index (χ3v) is 3.47. The van der Waals surface area contributed by atoms with Crippen LogP contribution < -0.4 is 0 Å². The van der Waals surface area contributed by atoms with E-state index >= 15 is 0 Å². The van der Waals surface area contributed by atoms with E-state index in [1.54, 1.807) is 0 Å². The molecule has 0 aliphatic carbocycles. The van der Waals surface area contributed by atoms with E-state index in [2.05, 4.69) is 32.9 Å². The second-order valence-corrected chi connectivity index (χ2v) is 4.68. The van der Waals surface area contributed by atoms with Gasteiger partial charge in [-0.3, -0.25) is 0 Å². The maximum absolute atomic E-state index is 9.49. The average molecular weight is 206 g/mol. The Labute approximate surface area is 90.9 Å². The van der Waals surface area contributed by atoms with Crippen molar-refractivity contribution in [3.05, 3.63) is 34.4 Å². The molecular formula is C13H18O2. The van der Waals surface area contributed by atoms with E-state index < -0.39 is 0 Å². The molecular weight excluding hydrogens is 188 g/mol. The van der Waals surface area contributed by atoms with Gasteiger partial charge in [0, 0.05) is 0 Å². The van der Waals surface area contributed by atoms with Gasteiger partial charge in [-0.05, 0) is 43.0 Å². The van der Waals surface area contributed by atoms with Gasteiger partial charge in [-0.15, -0.1) is 0 Å². The molecule has 0 radical (unpaired) electrons. The van der Waals surface area contributed by atoms with E-state index in [9.17, 15) is 5.11 Å². The van der Waals surface area contributed by atoms with E-state index in [4.69, 9.17) is 4.74 Å². The molecule has 1 saturated heterocycles. The average Bonchev–Trinajstić information content (AvgIpc) is 2.12. The Kier molecular flexibility index (Phi) is 2.57. The molecule has 1 aromatic rings. The molecule has 1 aliphatic rings. The number of aliphatic hydroxyl groups excluding tert-OH is 1. The van der Waals surface area contributed by atoms with Crippen LogP contribution in [0.4, 0.5) is 0 Å². The molecule has 82 valence electrons. The highest BCUT2D eigenvalue weighted by molar-refractivity contribution is 5.42. The van der Waals surface area contributed by atoms with Crippen LogP contribution in [0.5, 0.6) is 0 Å². The van der Waals surface area contributed by atoms with E-state index in [0.717, 1.165) is 0 Å². The molecule has 0 spiro atoms. The van der Waals surface area contributed by atoms with Gasteiger partial charge in [0.2, 0.25) is 0 Å². The Morgan fingerprint density at radius 2 is 1.73 bits per heavy atom. The van der Waals surface area contributed by atoms with Crippen LogP contribution in [0.3, 0.4) is 0 Å². The first kappa shape index (κ1) is 10.7. The second-order valence-electron chi connectivity index (χ2n) is 4.68. The lowest BCUT2D eigenvalue weighted by Crippen LogP contribution is -2.50. The number of hydrogen-bond acceptors (Lipinski definition) is 2. The molecule has 0 atom stereocenters. The normalized spacial score (nSPS) is 18.7. The number of ether oxygens (including phenoxy) is 1. The molecule has 15 heavy (non-hydrogen) atoms. The molecule has 2 rings (SSSR count). The van der Waals surface area contributed by atoms with Crippen molar-refractivity contribution in [2.45, 2.75) is 26.2 Å². The molecule has 0 saturated carbocycles. The van der Waals surface area contributed by atoms with Crippen LogP contribution in [-0.2, 0) is 10.2 Å². The minimum absolute atomic E-state index is 0.136. The highest BCUT2D eigenvalue weighted by Crippen LogP contribution is 2.35. The van der Waals surface area contributed by atoms with Gasteiger partial charge < -0.3 is 9.84 Å². The lowest BCUT2D eigenvalue weighted by Gasteiger charge is -2.41. The first-order valence-corrected chi connectivity index (χ1v) is 5.36. The first-order valence-electron chi connectivity index (χ1n) is 5.36. The van der Waals surface area contributed by atoms with E-state index in [1.807, 2.05) is 0 Å². The van der Waals surface area contributed by atoms with Crippen LogP contribution in [-0.4, -0.2) is 24.9 Å². The standard InChI is InChI=1S/C13H18O2/c1-9-4-11(3)12(5-10(9)2)13(6-14)7-15-8-13/h4-5,14H,6-8H2,1-3H3. The van der Waals surface area contributed by atoms with Crippen molar-refractivity contribution in [2.24, 2.45) is 0 Å².